The molecule has 0 aliphatic carbocycles. The van der Waals surface area contributed by atoms with Crippen LogP contribution in [0.2, 0.25) is 0 Å². The smallest absolute Gasteiger partial charge is 0.348 e. The van der Waals surface area contributed by atoms with Crippen molar-refractivity contribution in [2.45, 2.75) is 27.3 Å². The fraction of sp³-hybridized carbons (Fsp3) is 0.273. The molecule has 2 aromatic heterocycles. The molecule has 0 radical (unpaired) electrons. The van der Waals surface area contributed by atoms with E-state index in [0.29, 0.717) is 27.7 Å². The normalized spacial score (nSPS) is 10.5. The summed E-state index contributed by atoms with van der Waals surface area (Å²) in [5.74, 6) is -1.37. The maximum absolute atomic E-state index is 13.1. The van der Waals surface area contributed by atoms with Crippen molar-refractivity contribution >= 4 is 51.3 Å². The molecular weight excluding hydrogens is 467 g/mol. The predicted molar refractivity (Wildman–Crippen MR) is 129 cm³/mol. The number of carbonyl (C=O) groups excluding carboxylic acids is 2. The van der Waals surface area contributed by atoms with Crippen molar-refractivity contribution in [3.8, 4) is 0 Å². The Kier molecular flexibility index (Phi) is 8.12. The monoisotopic (exact) mass is 490 g/mol. The maximum atomic E-state index is 13.1. The fourth-order valence-corrected chi connectivity index (χ4v) is 4.38. The van der Waals surface area contributed by atoms with Crippen LogP contribution in [0, 0.1) is 12.7 Å². The van der Waals surface area contributed by atoms with Gasteiger partial charge in [0.25, 0.3) is 0 Å². The summed E-state index contributed by atoms with van der Waals surface area (Å²) in [5.41, 5.74) is 2.22. The molecule has 3 aromatic rings. The minimum absolute atomic E-state index is 0.193. The molecule has 3 rings (SSSR count). The number of hydrogen-bond donors (Lipinski definition) is 2. The molecule has 0 aliphatic rings. The summed E-state index contributed by atoms with van der Waals surface area (Å²) in [6.45, 7) is 5.95. The average Bonchev–Trinajstić information content (AvgIpc) is 3.33. The average molecular weight is 491 g/mol. The first-order valence-corrected chi connectivity index (χ1v) is 11.4. The van der Waals surface area contributed by atoms with Crippen molar-refractivity contribution in [2.24, 2.45) is 0 Å². The maximum Gasteiger partial charge on any atom is 0.348 e. The highest BCUT2D eigenvalue weighted by Gasteiger charge is 2.26. The largest absolute Gasteiger partial charge is 0.462 e. The zero-order valence-corrected chi connectivity index (χ0v) is 19.9. The van der Waals surface area contributed by atoms with Gasteiger partial charge in [-0.2, -0.15) is 5.10 Å². The molecule has 0 spiro atoms. The first-order valence-electron chi connectivity index (χ1n) is 10.1. The number of nitrogens with zero attached hydrogens (tertiary/aromatic N) is 2. The molecule has 1 aromatic carbocycles. The third kappa shape index (κ3) is 6.14. The van der Waals surface area contributed by atoms with Crippen LogP contribution in [0.4, 0.5) is 15.1 Å². The molecule has 2 heterocycles. The molecule has 0 aliphatic heterocycles. The van der Waals surface area contributed by atoms with E-state index in [1.165, 1.54) is 12.1 Å². The Morgan fingerprint density at radius 3 is 2.45 bits per heavy atom. The minimum Gasteiger partial charge on any atom is -0.462 e. The highest BCUT2D eigenvalue weighted by atomic mass is 32.1. The SMILES string of the molecule is CCOC(=O)c1sc(NC(=S)Nc2cnn(Cc3ccc(F)cc3)c2)c(C(=O)OCC)c1C. The Morgan fingerprint density at radius 2 is 1.79 bits per heavy atom. The van der Waals surface area contributed by atoms with E-state index in [9.17, 15) is 14.0 Å². The number of rotatable bonds is 8. The van der Waals surface area contributed by atoms with Gasteiger partial charge in [-0.15, -0.1) is 11.3 Å². The summed E-state index contributed by atoms with van der Waals surface area (Å²) in [4.78, 5) is 25.1. The number of ether oxygens (including phenoxy) is 2. The van der Waals surface area contributed by atoms with E-state index in [0.717, 1.165) is 16.9 Å². The van der Waals surface area contributed by atoms with Crippen LogP contribution in [-0.2, 0) is 16.0 Å². The van der Waals surface area contributed by atoms with Gasteiger partial charge in [0.2, 0.25) is 0 Å². The number of nitrogens with one attached hydrogen (secondary N) is 2. The van der Waals surface area contributed by atoms with Gasteiger partial charge in [-0.1, -0.05) is 12.1 Å². The van der Waals surface area contributed by atoms with Gasteiger partial charge in [0.15, 0.2) is 5.11 Å². The highest BCUT2D eigenvalue weighted by Crippen LogP contribution is 2.34. The van der Waals surface area contributed by atoms with E-state index in [1.807, 2.05) is 0 Å². The van der Waals surface area contributed by atoms with Crippen molar-refractivity contribution in [2.75, 3.05) is 23.8 Å². The first-order chi connectivity index (χ1) is 15.8. The summed E-state index contributed by atoms with van der Waals surface area (Å²) in [6, 6.07) is 6.17. The number of hydrogen-bond acceptors (Lipinski definition) is 7. The third-order valence-electron chi connectivity index (χ3n) is 4.46. The van der Waals surface area contributed by atoms with Crippen LogP contribution in [0.25, 0.3) is 0 Å². The van der Waals surface area contributed by atoms with Crippen LogP contribution in [0.15, 0.2) is 36.7 Å². The Labute approximate surface area is 199 Å². The van der Waals surface area contributed by atoms with Gasteiger partial charge < -0.3 is 20.1 Å². The van der Waals surface area contributed by atoms with Crippen LogP contribution in [0.1, 0.15) is 45.0 Å². The molecular formula is C22H23FN4O4S2. The summed E-state index contributed by atoms with van der Waals surface area (Å²) in [7, 11) is 0. The second kappa shape index (κ2) is 11.0. The molecule has 0 unspecified atom stereocenters. The summed E-state index contributed by atoms with van der Waals surface area (Å²) in [6.07, 6.45) is 3.33. The summed E-state index contributed by atoms with van der Waals surface area (Å²) >= 11 is 6.46. The Bertz CT molecular complexity index is 1160. The zero-order chi connectivity index (χ0) is 24.0. The standard InChI is InChI=1S/C22H23FN4O4S2/c1-4-30-20(28)17-13(3)18(21(29)31-5-2)33-19(17)26-22(32)25-16-10-24-27(12-16)11-14-6-8-15(23)9-7-14/h6-10,12H,4-5,11H2,1-3H3,(H2,25,26,32). The van der Waals surface area contributed by atoms with Gasteiger partial charge >= 0.3 is 11.9 Å². The molecule has 33 heavy (non-hydrogen) atoms. The molecule has 11 heteroatoms. The number of thiophene rings is 1. The number of halogens is 1. The number of thiocarbonyl (C=S) groups is 1. The molecule has 0 saturated carbocycles. The Morgan fingerprint density at radius 1 is 1.12 bits per heavy atom. The van der Waals surface area contributed by atoms with Gasteiger partial charge in [-0.25, -0.2) is 14.0 Å². The van der Waals surface area contributed by atoms with E-state index in [-0.39, 0.29) is 29.7 Å². The van der Waals surface area contributed by atoms with Crippen LogP contribution >= 0.6 is 23.6 Å². The Balaban J connectivity index is 1.73. The van der Waals surface area contributed by atoms with Crippen LogP contribution < -0.4 is 10.6 Å². The van der Waals surface area contributed by atoms with Crippen molar-refractivity contribution < 1.29 is 23.5 Å². The molecule has 2 N–H and O–H groups in total. The van der Waals surface area contributed by atoms with Gasteiger partial charge in [0.05, 0.1) is 37.2 Å². The van der Waals surface area contributed by atoms with Gasteiger partial charge in [0, 0.05) is 6.20 Å². The van der Waals surface area contributed by atoms with Gasteiger partial charge in [-0.05, 0) is 56.2 Å². The molecule has 0 bridgehead atoms. The van der Waals surface area contributed by atoms with Crippen molar-refractivity contribution in [1.82, 2.24) is 9.78 Å². The van der Waals surface area contributed by atoms with Crippen molar-refractivity contribution in [3.63, 3.8) is 0 Å². The summed E-state index contributed by atoms with van der Waals surface area (Å²) in [5, 5.41) is 10.8. The first kappa shape index (κ1) is 24.3. The lowest BCUT2D eigenvalue weighted by molar-refractivity contribution is 0.0527. The topological polar surface area (TPSA) is 94.5 Å². The minimum atomic E-state index is -0.556. The molecule has 0 saturated heterocycles. The van der Waals surface area contributed by atoms with Gasteiger partial charge in [-0.3, -0.25) is 4.68 Å². The van der Waals surface area contributed by atoms with E-state index < -0.39 is 11.9 Å². The van der Waals surface area contributed by atoms with Crippen molar-refractivity contribution in [1.29, 1.82) is 0 Å². The molecule has 0 amide bonds. The number of anilines is 2. The fourth-order valence-electron chi connectivity index (χ4n) is 3.00. The molecule has 8 nitrogen and oxygen atoms in total. The van der Waals surface area contributed by atoms with Crippen LogP contribution in [0.3, 0.4) is 0 Å². The van der Waals surface area contributed by atoms with E-state index in [1.54, 1.807) is 50.0 Å². The second-order valence-electron chi connectivity index (χ2n) is 6.83. The van der Waals surface area contributed by atoms with E-state index >= 15 is 0 Å². The molecule has 0 fully saturated rings. The van der Waals surface area contributed by atoms with Crippen LogP contribution in [0.5, 0.6) is 0 Å². The molecule has 174 valence electrons. The molecule has 0 atom stereocenters. The van der Waals surface area contributed by atoms with E-state index in [2.05, 4.69) is 15.7 Å². The Hall–Kier alpha value is -3.31. The number of carbonyl (C=O) groups is 2. The van der Waals surface area contributed by atoms with Crippen LogP contribution in [-0.4, -0.2) is 40.0 Å². The number of aromatic nitrogens is 2. The van der Waals surface area contributed by atoms with E-state index in [4.69, 9.17) is 21.7 Å². The van der Waals surface area contributed by atoms with Gasteiger partial charge in [0.1, 0.15) is 15.7 Å². The quantitative estimate of drug-likeness (QED) is 0.349. The lowest BCUT2D eigenvalue weighted by Gasteiger charge is -2.09. The lowest BCUT2D eigenvalue weighted by atomic mass is 10.1. The predicted octanol–water partition coefficient (Wildman–Crippen LogP) is 4.60. The highest BCUT2D eigenvalue weighted by molar-refractivity contribution is 7.80. The summed E-state index contributed by atoms with van der Waals surface area (Å²) < 4.78 is 25.0. The lowest BCUT2D eigenvalue weighted by Crippen LogP contribution is -2.20. The van der Waals surface area contributed by atoms with Crippen molar-refractivity contribution in [3.05, 3.63) is 64.0 Å². The third-order valence-corrected chi connectivity index (χ3v) is 5.85. The second-order valence-corrected chi connectivity index (χ2v) is 8.26. The number of benzene rings is 1. The number of esters is 2. The zero-order valence-electron chi connectivity index (χ0n) is 18.3.